The van der Waals surface area contributed by atoms with E-state index in [9.17, 15) is 4.79 Å². The minimum atomic E-state index is 0.110. The van der Waals surface area contributed by atoms with Crippen LogP contribution in [0.15, 0.2) is 22.1 Å². The lowest BCUT2D eigenvalue weighted by Crippen LogP contribution is -2.50. The van der Waals surface area contributed by atoms with Crippen LogP contribution in [0.3, 0.4) is 0 Å². The summed E-state index contributed by atoms with van der Waals surface area (Å²) >= 11 is 1.56. The van der Waals surface area contributed by atoms with Crippen LogP contribution >= 0.6 is 11.3 Å². The number of aromatic nitrogens is 1. The smallest absolute Gasteiger partial charge is 0.273 e. The molecule has 2 fully saturated rings. The van der Waals surface area contributed by atoms with Gasteiger partial charge in [0.2, 0.25) is 0 Å². The Kier molecular flexibility index (Phi) is 5.50. The SMILES string of the molecule is Cc1cc(C(=O)N2CCC(N3CCC(Oc4nccs4)CC3)CC2)c(C)o1. The van der Waals surface area contributed by atoms with E-state index < -0.39 is 0 Å². The Hall–Kier alpha value is -1.86. The lowest BCUT2D eigenvalue weighted by molar-refractivity contribution is 0.0424. The van der Waals surface area contributed by atoms with Crippen LogP contribution in [-0.2, 0) is 0 Å². The van der Waals surface area contributed by atoms with Crippen LogP contribution in [0.4, 0.5) is 0 Å². The van der Waals surface area contributed by atoms with Gasteiger partial charge in [0.25, 0.3) is 11.1 Å². The van der Waals surface area contributed by atoms with E-state index in [4.69, 9.17) is 9.15 Å². The Morgan fingerprint density at radius 1 is 1.19 bits per heavy atom. The van der Waals surface area contributed by atoms with Gasteiger partial charge in [-0.25, -0.2) is 4.98 Å². The van der Waals surface area contributed by atoms with Crippen molar-refractivity contribution < 1.29 is 13.9 Å². The third-order valence-electron chi connectivity index (χ3n) is 5.69. The Labute approximate surface area is 164 Å². The lowest BCUT2D eigenvalue weighted by Gasteiger charge is -2.41. The van der Waals surface area contributed by atoms with Gasteiger partial charge in [0, 0.05) is 43.8 Å². The van der Waals surface area contributed by atoms with Gasteiger partial charge < -0.3 is 14.1 Å². The highest BCUT2D eigenvalue weighted by molar-refractivity contribution is 7.11. The predicted molar refractivity (Wildman–Crippen MR) is 104 cm³/mol. The molecule has 4 rings (SSSR count). The summed E-state index contributed by atoms with van der Waals surface area (Å²) in [4.78, 5) is 21.5. The quantitative estimate of drug-likeness (QED) is 0.801. The number of furan rings is 1. The first kappa shape index (κ1) is 18.5. The van der Waals surface area contributed by atoms with Crippen molar-refractivity contribution in [1.29, 1.82) is 0 Å². The third kappa shape index (κ3) is 4.19. The molecule has 0 bridgehead atoms. The monoisotopic (exact) mass is 389 g/mol. The molecule has 146 valence electrons. The van der Waals surface area contributed by atoms with Gasteiger partial charge in [0.05, 0.1) is 5.56 Å². The van der Waals surface area contributed by atoms with Crippen LogP contribution in [0.25, 0.3) is 0 Å². The molecule has 7 heteroatoms. The largest absolute Gasteiger partial charge is 0.467 e. The molecule has 6 nitrogen and oxygen atoms in total. The summed E-state index contributed by atoms with van der Waals surface area (Å²) in [6, 6.07) is 2.43. The number of hydrogen-bond donors (Lipinski definition) is 0. The molecule has 1 amide bonds. The van der Waals surface area contributed by atoms with Gasteiger partial charge in [-0.3, -0.25) is 9.69 Å². The van der Waals surface area contributed by atoms with Crippen molar-refractivity contribution in [2.24, 2.45) is 0 Å². The van der Waals surface area contributed by atoms with E-state index in [0.29, 0.717) is 11.6 Å². The number of amides is 1. The predicted octanol–water partition coefficient (Wildman–Crippen LogP) is 3.50. The van der Waals surface area contributed by atoms with Gasteiger partial charge in [-0.05, 0) is 45.6 Å². The number of thiazole rings is 1. The van der Waals surface area contributed by atoms with E-state index in [2.05, 4.69) is 9.88 Å². The second-order valence-electron chi connectivity index (χ2n) is 7.50. The number of piperidine rings is 2. The van der Waals surface area contributed by atoms with Crippen molar-refractivity contribution in [3.8, 4) is 5.19 Å². The normalized spacial score (nSPS) is 20.1. The Balaban J connectivity index is 1.25. The molecule has 0 spiro atoms. The van der Waals surface area contributed by atoms with Gasteiger partial charge in [-0.2, -0.15) is 0 Å². The summed E-state index contributed by atoms with van der Waals surface area (Å²) in [6.07, 6.45) is 6.25. The molecular weight excluding hydrogens is 362 g/mol. The fourth-order valence-electron chi connectivity index (χ4n) is 4.22. The molecule has 27 heavy (non-hydrogen) atoms. The zero-order valence-corrected chi connectivity index (χ0v) is 16.8. The Bertz CT molecular complexity index is 758. The van der Waals surface area contributed by atoms with Gasteiger partial charge in [0.1, 0.15) is 17.6 Å². The number of carbonyl (C=O) groups is 1. The van der Waals surface area contributed by atoms with Gasteiger partial charge in [-0.1, -0.05) is 11.3 Å². The van der Waals surface area contributed by atoms with Gasteiger partial charge in [-0.15, -0.1) is 0 Å². The molecule has 0 saturated carbocycles. The summed E-state index contributed by atoms with van der Waals surface area (Å²) in [5.41, 5.74) is 0.714. The van der Waals surface area contributed by atoms with Crippen molar-refractivity contribution in [3.05, 3.63) is 34.7 Å². The van der Waals surface area contributed by atoms with E-state index in [0.717, 1.165) is 68.6 Å². The Morgan fingerprint density at radius 2 is 1.93 bits per heavy atom. The molecule has 0 aliphatic carbocycles. The number of aryl methyl sites for hydroxylation is 2. The van der Waals surface area contributed by atoms with Crippen molar-refractivity contribution in [2.75, 3.05) is 26.2 Å². The third-order valence-corrected chi connectivity index (χ3v) is 6.35. The summed E-state index contributed by atoms with van der Waals surface area (Å²) in [7, 11) is 0. The molecule has 2 aromatic heterocycles. The van der Waals surface area contributed by atoms with Crippen LogP contribution in [0.1, 0.15) is 47.6 Å². The van der Waals surface area contributed by atoms with Crippen LogP contribution < -0.4 is 4.74 Å². The maximum atomic E-state index is 12.7. The van der Waals surface area contributed by atoms with Gasteiger partial charge in [0.15, 0.2) is 0 Å². The maximum Gasteiger partial charge on any atom is 0.273 e. The van der Waals surface area contributed by atoms with Crippen LogP contribution in [0, 0.1) is 13.8 Å². The van der Waals surface area contributed by atoms with Gasteiger partial charge >= 0.3 is 0 Å². The molecule has 2 saturated heterocycles. The number of nitrogens with zero attached hydrogens (tertiary/aromatic N) is 3. The molecule has 2 aromatic rings. The van der Waals surface area contributed by atoms with E-state index in [1.165, 1.54) is 0 Å². The zero-order chi connectivity index (χ0) is 18.8. The average molecular weight is 390 g/mol. The lowest BCUT2D eigenvalue weighted by atomic mass is 9.98. The van der Waals surface area contributed by atoms with Crippen molar-refractivity contribution in [1.82, 2.24) is 14.8 Å². The fraction of sp³-hybridized carbons (Fsp3) is 0.600. The zero-order valence-electron chi connectivity index (χ0n) is 16.0. The van der Waals surface area contributed by atoms with E-state index >= 15 is 0 Å². The molecule has 2 aliphatic heterocycles. The molecule has 0 atom stereocenters. The first-order valence-electron chi connectivity index (χ1n) is 9.76. The Morgan fingerprint density at radius 3 is 2.52 bits per heavy atom. The molecule has 0 radical (unpaired) electrons. The highest BCUT2D eigenvalue weighted by Gasteiger charge is 2.31. The number of ether oxygens (including phenoxy) is 1. The number of hydrogen-bond acceptors (Lipinski definition) is 6. The fourth-order valence-corrected chi connectivity index (χ4v) is 4.77. The summed E-state index contributed by atoms with van der Waals surface area (Å²) < 4.78 is 11.5. The number of carbonyl (C=O) groups excluding carboxylic acids is 1. The van der Waals surface area contributed by atoms with Crippen molar-refractivity contribution >= 4 is 17.2 Å². The van der Waals surface area contributed by atoms with Crippen LogP contribution in [-0.4, -0.2) is 59.0 Å². The maximum absolute atomic E-state index is 12.7. The second kappa shape index (κ2) is 8.02. The first-order valence-corrected chi connectivity index (χ1v) is 10.6. The highest BCUT2D eigenvalue weighted by Crippen LogP contribution is 2.26. The second-order valence-corrected chi connectivity index (χ2v) is 8.36. The molecular formula is C20H27N3O3S. The molecule has 0 N–H and O–H groups in total. The summed E-state index contributed by atoms with van der Waals surface area (Å²) in [6.45, 7) is 7.53. The van der Waals surface area contributed by atoms with Crippen LogP contribution in [0.5, 0.6) is 5.19 Å². The number of rotatable bonds is 4. The standard InChI is InChI=1S/C20H27N3O3S/c1-14-13-18(15(2)25-14)19(24)23-8-3-16(4-9-23)22-10-5-17(6-11-22)26-20-21-7-12-27-20/h7,12-13,16-17H,3-6,8-11H2,1-2H3. The van der Waals surface area contributed by atoms with E-state index in [1.54, 1.807) is 17.5 Å². The summed E-state index contributed by atoms with van der Waals surface area (Å²) in [5, 5.41) is 2.73. The molecule has 0 unspecified atom stereocenters. The summed E-state index contributed by atoms with van der Waals surface area (Å²) in [5.74, 6) is 1.63. The van der Waals surface area contributed by atoms with Crippen molar-refractivity contribution in [2.45, 2.75) is 51.7 Å². The molecule has 4 heterocycles. The molecule has 0 aromatic carbocycles. The topological polar surface area (TPSA) is 58.8 Å². The molecule has 2 aliphatic rings. The van der Waals surface area contributed by atoms with Crippen molar-refractivity contribution in [3.63, 3.8) is 0 Å². The van der Waals surface area contributed by atoms with Crippen LogP contribution in [0.2, 0.25) is 0 Å². The number of likely N-dealkylation sites (tertiary alicyclic amines) is 2. The van der Waals surface area contributed by atoms with E-state index in [-0.39, 0.29) is 12.0 Å². The highest BCUT2D eigenvalue weighted by atomic mass is 32.1. The average Bonchev–Trinajstić information content (AvgIpc) is 3.31. The minimum absolute atomic E-state index is 0.110. The first-order chi connectivity index (χ1) is 13.1. The van der Waals surface area contributed by atoms with E-state index in [1.807, 2.05) is 30.2 Å². The minimum Gasteiger partial charge on any atom is -0.467 e.